The molecule has 37 heavy (non-hydrogen) atoms. The highest BCUT2D eigenvalue weighted by atomic mass is 19.1. The summed E-state index contributed by atoms with van der Waals surface area (Å²) in [5, 5.41) is 4.55. The molecular weight excluding hydrogens is 469 g/mol. The summed E-state index contributed by atoms with van der Waals surface area (Å²) >= 11 is 0. The summed E-state index contributed by atoms with van der Waals surface area (Å²) in [5.74, 6) is -1.40. The van der Waals surface area contributed by atoms with Gasteiger partial charge in [-0.15, -0.1) is 0 Å². The molecule has 1 aliphatic rings. The summed E-state index contributed by atoms with van der Waals surface area (Å²) in [7, 11) is 1.92. The third-order valence-electron chi connectivity index (χ3n) is 6.66. The average Bonchev–Trinajstić information content (AvgIpc) is 3.43. The van der Waals surface area contributed by atoms with Gasteiger partial charge in [-0.05, 0) is 48.0 Å². The Bertz CT molecular complexity index is 1500. The molecule has 0 unspecified atom stereocenters. The van der Waals surface area contributed by atoms with E-state index in [0.717, 1.165) is 22.6 Å². The molecule has 186 valence electrons. The number of likely N-dealkylation sites (N-methyl/N-ethyl adjacent to an activating group) is 1. The summed E-state index contributed by atoms with van der Waals surface area (Å²) in [6.45, 7) is 3.71. The van der Waals surface area contributed by atoms with Crippen LogP contribution in [0.2, 0.25) is 0 Å². The van der Waals surface area contributed by atoms with Crippen molar-refractivity contribution in [2.45, 2.75) is 19.3 Å². The number of ketones is 1. The molecule has 5 rings (SSSR count). The van der Waals surface area contributed by atoms with E-state index in [0.29, 0.717) is 11.3 Å². The van der Waals surface area contributed by atoms with E-state index in [1.807, 2.05) is 60.5 Å². The van der Waals surface area contributed by atoms with Crippen LogP contribution in [-0.4, -0.2) is 35.2 Å². The minimum atomic E-state index is -0.685. The SMILES string of the molecule is CN1/C(=C/C(=O)COC(=O)c2cn(-c3ccccc3)nc2-c2ccc(F)cc2)C(C)(C)c2ccccc21. The molecule has 0 saturated heterocycles. The number of rotatable bonds is 6. The van der Waals surface area contributed by atoms with Gasteiger partial charge in [0.1, 0.15) is 17.1 Å². The first kappa shape index (κ1) is 24.2. The third kappa shape index (κ3) is 4.56. The molecule has 7 heteroatoms. The van der Waals surface area contributed by atoms with Crippen molar-refractivity contribution in [2.75, 3.05) is 18.6 Å². The zero-order valence-corrected chi connectivity index (χ0v) is 20.8. The summed E-state index contributed by atoms with van der Waals surface area (Å²) in [6.07, 6.45) is 3.10. The van der Waals surface area contributed by atoms with Gasteiger partial charge in [-0.2, -0.15) is 5.10 Å². The molecule has 2 heterocycles. The van der Waals surface area contributed by atoms with Crippen molar-refractivity contribution >= 4 is 17.4 Å². The zero-order valence-electron chi connectivity index (χ0n) is 20.8. The largest absolute Gasteiger partial charge is 0.454 e. The Balaban J connectivity index is 1.39. The maximum atomic E-state index is 13.5. The number of para-hydroxylation sites is 2. The molecule has 1 aromatic heterocycles. The molecule has 0 amide bonds. The van der Waals surface area contributed by atoms with Gasteiger partial charge in [-0.25, -0.2) is 13.9 Å². The van der Waals surface area contributed by atoms with Crippen LogP contribution in [0.5, 0.6) is 0 Å². The lowest BCUT2D eigenvalue weighted by Gasteiger charge is -2.23. The predicted octanol–water partition coefficient (Wildman–Crippen LogP) is 5.72. The van der Waals surface area contributed by atoms with Gasteiger partial charge in [0.2, 0.25) is 0 Å². The normalized spacial score (nSPS) is 15.0. The number of hydrogen-bond donors (Lipinski definition) is 0. The number of benzene rings is 3. The Kier molecular flexibility index (Phi) is 6.21. The van der Waals surface area contributed by atoms with E-state index in [1.54, 1.807) is 29.1 Å². The van der Waals surface area contributed by atoms with Crippen molar-refractivity contribution in [3.05, 3.63) is 114 Å². The van der Waals surface area contributed by atoms with Gasteiger partial charge in [0, 0.05) is 41.7 Å². The van der Waals surface area contributed by atoms with Crippen molar-refractivity contribution in [1.82, 2.24) is 9.78 Å². The highest BCUT2D eigenvalue weighted by molar-refractivity contribution is 5.99. The molecule has 0 fully saturated rings. The van der Waals surface area contributed by atoms with Crippen LogP contribution in [0, 0.1) is 5.82 Å². The fourth-order valence-corrected chi connectivity index (χ4v) is 4.72. The molecule has 0 bridgehead atoms. The van der Waals surface area contributed by atoms with Crippen LogP contribution in [0.1, 0.15) is 29.8 Å². The van der Waals surface area contributed by atoms with Crippen LogP contribution in [0.25, 0.3) is 16.9 Å². The second-order valence-electron chi connectivity index (χ2n) is 9.45. The highest BCUT2D eigenvalue weighted by Crippen LogP contribution is 2.46. The van der Waals surface area contributed by atoms with E-state index in [4.69, 9.17) is 4.74 Å². The number of carbonyl (C=O) groups is 2. The number of nitrogens with zero attached hydrogens (tertiary/aromatic N) is 3. The van der Waals surface area contributed by atoms with Crippen LogP contribution in [-0.2, 0) is 14.9 Å². The molecule has 6 nitrogen and oxygen atoms in total. The van der Waals surface area contributed by atoms with Crippen LogP contribution in [0.3, 0.4) is 0 Å². The summed E-state index contributed by atoms with van der Waals surface area (Å²) in [5.41, 5.74) is 4.47. The van der Waals surface area contributed by atoms with Gasteiger partial charge in [0.15, 0.2) is 12.4 Å². The smallest absolute Gasteiger partial charge is 0.342 e. The fraction of sp³-hybridized carbons (Fsp3) is 0.167. The van der Waals surface area contributed by atoms with E-state index in [-0.39, 0.29) is 16.8 Å². The van der Waals surface area contributed by atoms with Crippen molar-refractivity contribution in [3.63, 3.8) is 0 Å². The van der Waals surface area contributed by atoms with Crippen LogP contribution < -0.4 is 4.90 Å². The van der Waals surface area contributed by atoms with Gasteiger partial charge >= 0.3 is 5.97 Å². The maximum Gasteiger partial charge on any atom is 0.342 e. The fourth-order valence-electron chi connectivity index (χ4n) is 4.72. The molecular formula is C30H26FN3O3. The first-order valence-corrected chi connectivity index (χ1v) is 11.9. The minimum Gasteiger partial charge on any atom is -0.454 e. The molecule has 0 radical (unpaired) electrons. The Morgan fingerprint density at radius 3 is 2.35 bits per heavy atom. The average molecular weight is 496 g/mol. The second-order valence-corrected chi connectivity index (χ2v) is 9.45. The van der Waals surface area contributed by atoms with Crippen LogP contribution >= 0.6 is 0 Å². The van der Waals surface area contributed by atoms with Gasteiger partial charge in [0.25, 0.3) is 0 Å². The number of hydrogen-bond acceptors (Lipinski definition) is 5. The Morgan fingerprint density at radius 2 is 1.65 bits per heavy atom. The Labute approximate surface area is 214 Å². The lowest BCUT2D eigenvalue weighted by molar-refractivity contribution is -0.117. The molecule has 0 N–H and O–H groups in total. The molecule has 1 aliphatic heterocycles. The second kappa shape index (κ2) is 9.50. The molecule has 0 spiro atoms. The van der Waals surface area contributed by atoms with Gasteiger partial charge < -0.3 is 9.64 Å². The molecule has 4 aromatic rings. The molecule has 0 aliphatic carbocycles. The number of aromatic nitrogens is 2. The summed E-state index contributed by atoms with van der Waals surface area (Å²) < 4.78 is 20.5. The van der Waals surface area contributed by atoms with Crippen molar-refractivity contribution in [1.29, 1.82) is 0 Å². The summed E-state index contributed by atoms with van der Waals surface area (Å²) in [4.78, 5) is 28.0. The Morgan fingerprint density at radius 1 is 0.973 bits per heavy atom. The number of anilines is 1. The van der Waals surface area contributed by atoms with Crippen LogP contribution in [0.15, 0.2) is 96.8 Å². The van der Waals surface area contributed by atoms with Crippen molar-refractivity contribution in [2.24, 2.45) is 0 Å². The van der Waals surface area contributed by atoms with Crippen molar-refractivity contribution in [3.8, 4) is 16.9 Å². The third-order valence-corrected chi connectivity index (χ3v) is 6.66. The number of esters is 1. The molecule has 0 saturated carbocycles. The summed E-state index contributed by atoms with van der Waals surface area (Å²) in [6, 6.07) is 23.0. The van der Waals surface area contributed by atoms with Gasteiger partial charge in [-0.1, -0.05) is 50.2 Å². The van der Waals surface area contributed by atoms with E-state index in [9.17, 15) is 14.0 Å². The minimum absolute atomic E-state index is 0.182. The first-order valence-electron chi connectivity index (χ1n) is 11.9. The van der Waals surface area contributed by atoms with E-state index >= 15 is 0 Å². The maximum absolute atomic E-state index is 13.5. The predicted molar refractivity (Wildman–Crippen MR) is 140 cm³/mol. The Hall–Kier alpha value is -4.52. The molecule has 3 aromatic carbocycles. The first-order chi connectivity index (χ1) is 17.8. The number of fused-ring (bicyclic) bond motifs is 1. The van der Waals surface area contributed by atoms with Gasteiger partial charge in [0.05, 0.1) is 5.69 Å². The lowest BCUT2D eigenvalue weighted by Crippen LogP contribution is -2.25. The van der Waals surface area contributed by atoms with E-state index in [1.165, 1.54) is 12.1 Å². The number of allylic oxidation sites excluding steroid dienone is 1. The zero-order chi connectivity index (χ0) is 26.2. The molecule has 0 atom stereocenters. The number of carbonyl (C=O) groups excluding carboxylic acids is 2. The quantitative estimate of drug-likeness (QED) is 0.253. The standard InChI is InChI=1S/C30H26FN3O3/c1-30(2)25-11-7-8-12-26(25)33(3)27(30)17-23(35)19-37-29(36)24-18-34(22-9-5-4-6-10-22)32-28(24)20-13-15-21(31)16-14-20/h4-18H,19H2,1-3H3/b27-17+. The highest BCUT2D eigenvalue weighted by Gasteiger charge is 2.38. The monoisotopic (exact) mass is 495 g/mol. The van der Waals surface area contributed by atoms with Crippen molar-refractivity contribution < 1.29 is 18.7 Å². The topological polar surface area (TPSA) is 64.4 Å². The number of halogens is 1. The van der Waals surface area contributed by atoms with Crippen LogP contribution in [0.4, 0.5) is 10.1 Å². The van der Waals surface area contributed by atoms with E-state index in [2.05, 4.69) is 25.0 Å². The lowest BCUT2D eigenvalue weighted by atomic mass is 9.83. The van der Waals surface area contributed by atoms with Gasteiger partial charge in [-0.3, -0.25) is 4.79 Å². The number of ether oxygens (including phenoxy) is 1. The van der Waals surface area contributed by atoms with E-state index < -0.39 is 18.4 Å².